The Hall–Kier alpha value is -1.80. The van der Waals surface area contributed by atoms with Crippen LogP contribution in [0.2, 0.25) is 5.02 Å². The molecule has 0 bridgehead atoms. The van der Waals surface area contributed by atoms with E-state index in [2.05, 4.69) is 0 Å². The first-order valence-corrected chi connectivity index (χ1v) is 6.01. The van der Waals surface area contributed by atoms with Crippen LogP contribution in [-0.2, 0) is 0 Å². The number of carbonyl (C=O) groups excluding carboxylic acids is 1. The molecule has 0 aliphatic heterocycles. The molecule has 0 heterocycles. The van der Waals surface area contributed by atoms with Crippen molar-refractivity contribution in [2.45, 2.75) is 6.92 Å². The molecule has 0 spiro atoms. The number of hydrogen-bond donors (Lipinski definition) is 0. The Morgan fingerprint density at radius 3 is 2.28 bits per heavy atom. The third kappa shape index (κ3) is 3.34. The molecule has 0 N–H and O–H groups in total. The van der Waals surface area contributed by atoms with Gasteiger partial charge in [0, 0.05) is 10.6 Å². The number of rotatable bonds is 4. The largest absolute Gasteiger partial charge is 0.485 e. The fourth-order valence-corrected chi connectivity index (χ4v) is 1.63. The Balaban J connectivity index is 1.96. The predicted molar refractivity (Wildman–Crippen MR) is 72.5 cm³/mol. The van der Waals surface area contributed by atoms with Crippen LogP contribution in [0, 0.1) is 6.92 Å². The molecule has 2 aromatic carbocycles. The maximum Gasteiger partial charge on any atom is 0.200 e. The van der Waals surface area contributed by atoms with Crippen LogP contribution in [0.3, 0.4) is 0 Å². The average Bonchev–Trinajstić information content (AvgIpc) is 2.38. The monoisotopic (exact) mass is 260 g/mol. The summed E-state index contributed by atoms with van der Waals surface area (Å²) >= 11 is 5.76. The van der Waals surface area contributed by atoms with Gasteiger partial charge in [-0.1, -0.05) is 29.3 Å². The molecule has 0 unspecified atom stereocenters. The molecule has 0 radical (unpaired) electrons. The summed E-state index contributed by atoms with van der Waals surface area (Å²) in [5.41, 5.74) is 1.76. The Kier molecular flexibility index (Phi) is 4.00. The third-order valence-electron chi connectivity index (χ3n) is 2.56. The van der Waals surface area contributed by atoms with Crippen molar-refractivity contribution in [1.82, 2.24) is 0 Å². The molecular weight excluding hydrogens is 248 g/mol. The lowest BCUT2D eigenvalue weighted by atomic mass is 10.1. The Bertz CT molecular complexity index is 529. The molecule has 0 atom stereocenters. The van der Waals surface area contributed by atoms with Gasteiger partial charge in [0.15, 0.2) is 12.4 Å². The normalized spacial score (nSPS) is 10.1. The topological polar surface area (TPSA) is 26.3 Å². The van der Waals surface area contributed by atoms with Crippen molar-refractivity contribution in [2.75, 3.05) is 6.61 Å². The second kappa shape index (κ2) is 5.69. The molecule has 0 aromatic heterocycles. The minimum atomic E-state index is -0.0627. The molecule has 0 aliphatic rings. The molecule has 0 saturated carbocycles. The molecule has 92 valence electrons. The fourth-order valence-electron chi connectivity index (χ4n) is 1.50. The van der Waals surface area contributed by atoms with Crippen LogP contribution in [0.4, 0.5) is 0 Å². The first kappa shape index (κ1) is 12.7. The summed E-state index contributed by atoms with van der Waals surface area (Å²) in [7, 11) is 0. The standard InChI is InChI=1S/C15H13ClO2/c1-11-2-8-14(9-3-11)18-10-15(17)12-4-6-13(16)7-5-12/h2-9H,10H2,1H3. The lowest BCUT2D eigenvalue weighted by molar-refractivity contribution is 0.0921. The van der Waals surface area contributed by atoms with E-state index in [1.807, 2.05) is 31.2 Å². The molecule has 2 rings (SSSR count). The van der Waals surface area contributed by atoms with E-state index in [-0.39, 0.29) is 12.4 Å². The van der Waals surface area contributed by atoms with Crippen LogP contribution in [-0.4, -0.2) is 12.4 Å². The van der Waals surface area contributed by atoms with Gasteiger partial charge in [-0.3, -0.25) is 4.79 Å². The van der Waals surface area contributed by atoms with Crippen LogP contribution in [0.25, 0.3) is 0 Å². The van der Waals surface area contributed by atoms with E-state index >= 15 is 0 Å². The van der Waals surface area contributed by atoms with Gasteiger partial charge in [-0.2, -0.15) is 0 Å². The molecule has 0 saturated heterocycles. The molecule has 3 heteroatoms. The summed E-state index contributed by atoms with van der Waals surface area (Å²) in [6, 6.07) is 14.4. The van der Waals surface area contributed by atoms with Crippen molar-refractivity contribution in [1.29, 1.82) is 0 Å². The first-order valence-electron chi connectivity index (χ1n) is 5.63. The van der Waals surface area contributed by atoms with Gasteiger partial charge in [0.1, 0.15) is 5.75 Å². The number of ether oxygens (including phenoxy) is 1. The third-order valence-corrected chi connectivity index (χ3v) is 2.81. The Morgan fingerprint density at radius 1 is 1.06 bits per heavy atom. The molecule has 2 nitrogen and oxygen atoms in total. The van der Waals surface area contributed by atoms with E-state index in [1.165, 1.54) is 0 Å². The number of benzene rings is 2. The van der Waals surface area contributed by atoms with E-state index in [1.54, 1.807) is 24.3 Å². The van der Waals surface area contributed by atoms with Gasteiger partial charge >= 0.3 is 0 Å². The number of halogens is 1. The smallest absolute Gasteiger partial charge is 0.200 e. The van der Waals surface area contributed by atoms with Crippen molar-refractivity contribution in [3.63, 3.8) is 0 Å². The average molecular weight is 261 g/mol. The van der Waals surface area contributed by atoms with Gasteiger partial charge in [0.25, 0.3) is 0 Å². The van der Waals surface area contributed by atoms with Crippen molar-refractivity contribution in [3.05, 3.63) is 64.7 Å². The molecule has 0 fully saturated rings. The lowest BCUT2D eigenvalue weighted by Gasteiger charge is -2.05. The molecule has 2 aromatic rings. The number of Topliss-reactive ketones (excluding diaryl/α,β-unsaturated/α-hetero) is 1. The first-order chi connectivity index (χ1) is 8.65. The molecule has 0 aliphatic carbocycles. The molecular formula is C15H13ClO2. The van der Waals surface area contributed by atoms with Crippen LogP contribution >= 0.6 is 11.6 Å². The zero-order valence-electron chi connectivity index (χ0n) is 10.0. The summed E-state index contributed by atoms with van der Waals surface area (Å²) < 4.78 is 5.42. The summed E-state index contributed by atoms with van der Waals surface area (Å²) in [6.45, 7) is 2.04. The predicted octanol–water partition coefficient (Wildman–Crippen LogP) is 3.91. The van der Waals surface area contributed by atoms with Crippen molar-refractivity contribution in [2.24, 2.45) is 0 Å². The number of ketones is 1. The Morgan fingerprint density at radius 2 is 1.67 bits per heavy atom. The summed E-state index contributed by atoms with van der Waals surface area (Å²) in [5.74, 6) is 0.634. The van der Waals surface area contributed by atoms with Gasteiger partial charge in [-0.05, 0) is 43.3 Å². The highest BCUT2D eigenvalue weighted by Crippen LogP contribution is 2.13. The zero-order chi connectivity index (χ0) is 13.0. The number of hydrogen-bond acceptors (Lipinski definition) is 2. The quantitative estimate of drug-likeness (QED) is 0.779. The van der Waals surface area contributed by atoms with E-state index in [9.17, 15) is 4.79 Å². The second-order valence-corrected chi connectivity index (χ2v) is 4.47. The maximum atomic E-state index is 11.8. The minimum absolute atomic E-state index is 0.0324. The van der Waals surface area contributed by atoms with Crippen molar-refractivity contribution >= 4 is 17.4 Å². The molecule has 0 amide bonds. The van der Waals surface area contributed by atoms with Crippen molar-refractivity contribution in [3.8, 4) is 5.75 Å². The van der Waals surface area contributed by atoms with Crippen LogP contribution in [0.5, 0.6) is 5.75 Å². The minimum Gasteiger partial charge on any atom is -0.485 e. The number of aryl methyl sites for hydroxylation is 1. The van der Waals surface area contributed by atoms with Gasteiger partial charge in [0.05, 0.1) is 0 Å². The van der Waals surface area contributed by atoms with Crippen molar-refractivity contribution < 1.29 is 9.53 Å². The number of carbonyl (C=O) groups is 1. The summed E-state index contributed by atoms with van der Waals surface area (Å²) in [4.78, 5) is 11.8. The van der Waals surface area contributed by atoms with E-state index < -0.39 is 0 Å². The van der Waals surface area contributed by atoms with Gasteiger partial charge < -0.3 is 4.74 Å². The van der Waals surface area contributed by atoms with Crippen LogP contribution in [0.1, 0.15) is 15.9 Å². The fraction of sp³-hybridized carbons (Fsp3) is 0.133. The van der Waals surface area contributed by atoms with Crippen LogP contribution in [0.15, 0.2) is 48.5 Å². The maximum absolute atomic E-state index is 11.8. The van der Waals surface area contributed by atoms with Gasteiger partial charge in [-0.25, -0.2) is 0 Å². The second-order valence-electron chi connectivity index (χ2n) is 4.03. The highest BCUT2D eigenvalue weighted by atomic mass is 35.5. The van der Waals surface area contributed by atoms with Gasteiger partial charge in [0.2, 0.25) is 0 Å². The van der Waals surface area contributed by atoms with E-state index in [0.29, 0.717) is 16.3 Å². The Labute approximate surface area is 111 Å². The van der Waals surface area contributed by atoms with Gasteiger partial charge in [-0.15, -0.1) is 0 Å². The van der Waals surface area contributed by atoms with E-state index in [4.69, 9.17) is 16.3 Å². The highest BCUT2D eigenvalue weighted by Gasteiger charge is 2.06. The highest BCUT2D eigenvalue weighted by molar-refractivity contribution is 6.30. The summed E-state index contributed by atoms with van der Waals surface area (Å²) in [5, 5.41) is 0.617. The SMILES string of the molecule is Cc1ccc(OCC(=O)c2ccc(Cl)cc2)cc1. The van der Waals surface area contributed by atoms with E-state index in [0.717, 1.165) is 5.56 Å². The lowest BCUT2D eigenvalue weighted by Crippen LogP contribution is -2.11. The summed E-state index contributed by atoms with van der Waals surface area (Å²) in [6.07, 6.45) is 0. The van der Waals surface area contributed by atoms with Crippen LogP contribution < -0.4 is 4.74 Å². The molecule has 18 heavy (non-hydrogen) atoms. The zero-order valence-corrected chi connectivity index (χ0v) is 10.8.